The van der Waals surface area contributed by atoms with Gasteiger partial charge in [0.25, 0.3) is 5.91 Å². The number of nitrogens with one attached hydrogen (secondary N) is 2. The van der Waals surface area contributed by atoms with Gasteiger partial charge in [-0.3, -0.25) is 14.6 Å². The van der Waals surface area contributed by atoms with Gasteiger partial charge in [0, 0.05) is 18.8 Å². The number of rotatable bonds is 9. The Morgan fingerprint density at radius 2 is 1.89 bits per heavy atom. The predicted octanol–water partition coefficient (Wildman–Crippen LogP) is 3.37. The van der Waals surface area contributed by atoms with Gasteiger partial charge >= 0.3 is 7.12 Å². The van der Waals surface area contributed by atoms with Crippen molar-refractivity contribution in [3.8, 4) is 0 Å². The lowest BCUT2D eigenvalue weighted by atomic mass is 9.43. The van der Waals surface area contributed by atoms with E-state index in [1.54, 1.807) is 0 Å². The van der Waals surface area contributed by atoms with E-state index < -0.39 is 19.1 Å². The monoisotopic (exact) mass is 516 g/mol. The second-order valence-corrected chi connectivity index (χ2v) is 12.4. The predicted molar refractivity (Wildman–Crippen MR) is 143 cm³/mol. The number of hydrogen-bond donors (Lipinski definition) is 2. The summed E-state index contributed by atoms with van der Waals surface area (Å²) in [5.74, 6) is 0.740. The molecule has 5 fully saturated rings. The molecule has 1 aliphatic heterocycles. The van der Waals surface area contributed by atoms with E-state index in [0.29, 0.717) is 24.2 Å². The van der Waals surface area contributed by atoms with Crippen LogP contribution >= 0.6 is 0 Å². The molecule has 2 aromatic rings. The Morgan fingerprint density at radius 1 is 1.11 bits per heavy atom. The van der Waals surface area contributed by atoms with E-state index in [1.807, 2.05) is 30.3 Å². The van der Waals surface area contributed by atoms with Crippen LogP contribution in [0.1, 0.15) is 68.9 Å². The smallest absolute Gasteiger partial charge is 0.404 e. The summed E-state index contributed by atoms with van der Waals surface area (Å²) in [4.78, 5) is 34.8. The van der Waals surface area contributed by atoms with Gasteiger partial charge in [0.15, 0.2) is 0 Å². The molecule has 1 saturated heterocycles. The van der Waals surface area contributed by atoms with Gasteiger partial charge in [-0.05, 0) is 54.9 Å². The average molecular weight is 516 g/mol. The van der Waals surface area contributed by atoms with Crippen LogP contribution in [0.15, 0.2) is 48.9 Å². The molecule has 200 valence electrons. The summed E-state index contributed by atoms with van der Waals surface area (Å²) >= 11 is 0. The third kappa shape index (κ3) is 4.75. The number of amides is 2. The topological polar surface area (TPSA) is 102 Å². The van der Waals surface area contributed by atoms with Crippen LogP contribution in [-0.2, 0) is 20.5 Å². The first kappa shape index (κ1) is 25.5. The minimum atomic E-state index is -0.778. The average Bonchev–Trinajstić information content (AvgIpc) is 3.66. The molecule has 8 nitrogen and oxygen atoms in total. The molecule has 4 saturated carbocycles. The van der Waals surface area contributed by atoms with Gasteiger partial charge in [-0.15, -0.1) is 0 Å². The Morgan fingerprint density at radius 3 is 2.58 bits per heavy atom. The lowest BCUT2D eigenvalue weighted by Crippen LogP contribution is -2.65. The maximum atomic E-state index is 13.8. The standard InChI is InChI=1S/C29H37BN4O4/c1-28(2)20-15-23(28)29(3)24(16-20)37-30(38-29)25(14-19-9-10-19)34-26(35)21(13-18-7-5-4-6-8-18)33-27(36)22-17-31-11-12-32-22/h4-8,11-12,17,19-21,23-25H,9-10,13-16H2,1-3H3,(H,33,36)(H,34,35)/t20-,21-,23-,24+,25-,29-/m0/s1. The van der Waals surface area contributed by atoms with Crippen molar-refractivity contribution < 1.29 is 18.9 Å². The first-order valence-electron chi connectivity index (χ1n) is 14.0. The van der Waals surface area contributed by atoms with Crippen molar-refractivity contribution in [1.82, 2.24) is 20.6 Å². The normalized spacial score (nSPS) is 30.5. The lowest BCUT2D eigenvalue weighted by Gasteiger charge is -2.64. The Balaban J connectivity index is 1.20. The van der Waals surface area contributed by atoms with E-state index in [9.17, 15) is 9.59 Å². The zero-order valence-corrected chi connectivity index (χ0v) is 22.4. The van der Waals surface area contributed by atoms with Crippen molar-refractivity contribution >= 4 is 18.9 Å². The number of benzene rings is 1. The quantitative estimate of drug-likeness (QED) is 0.496. The van der Waals surface area contributed by atoms with Crippen LogP contribution in [0, 0.1) is 23.2 Å². The van der Waals surface area contributed by atoms with Gasteiger partial charge in [0.1, 0.15) is 11.7 Å². The van der Waals surface area contributed by atoms with Gasteiger partial charge in [-0.1, -0.05) is 57.0 Å². The van der Waals surface area contributed by atoms with Crippen LogP contribution < -0.4 is 10.6 Å². The molecule has 2 amide bonds. The molecular formula is C29H37BN4O4. The van der Waals surface area contributed by atoms with Gasteiger partial charge in [-0.25, -0.2) is 4.98 Å². The molecule has 1 aromatic carbocycles. The fraction of sp³-hybridized carbons (Fsp3) is 0.586. The van der Waals surface area contributed by atoms with E-state index >= 15 is 0 Å². The van der Waals surface area contributed by atoms with Crippen LogP contribution in [0.2, 0.25) is 0 Å². The molecular weight excluding hydrogens is 479 g/mol. The van der Waals surface area contributed by atoms with E-state index in [4.69, 9.17) is 9.31 Å². The Bertz CT molecular complexity index is 1180. The maximum Gasteiger partial charge on any atom is 0.481 e. The molecule has 2 heterocycles. The number of nitrogens with zero attached hydrogens (tertiary/aromatic N) is 2. The molecule has 9 heteroatoms. The van der Waals surface area contributed by atoms with Gasteiger partial charge in [0.2, 0.25) is 5.91 Å². The minimum Gasteiger partial charge on any atom is -0.404 e. The molecule has 38 heavy (non-hydrogen) atoms. The maximum absolute atomic E-state index is 13.8. The highest BCUT2D eigenvalue weighted by molar-refractivity contribution is 6.48. The molecule has 0 unspecified atom stereocenters. The van der Waals surface area contributed by atoms with Crippen LogP contribution in [-0.4, -0.2) is 52.6 Å². The zero-order chi connectivity index (χ0) is 26.5. The summed E-state index contributed by atoms with van der Waals surface area (Å²) in [5, 5.41) is 6.14. The van der Waals surface area contributed by atoms with Crippen molar-refractivity contribution in [3.63, 3.8) is 0 Å². The van der Waals surface area contributed by atoms with Crippen molar-refractivity contribution in [2.75, 3.05) is 0 Å². The van der Waals surface area contributed by atoms with E-state index in [1.165, 1.54) is 25.0 Å². The van der Waals surface area contributed by atoms with Crippen LogP contribution in [0.4, 0.5) is 0 Å². The van der Waals surface area contributed by atoms with E-state index in [0.717, 1.165) is 31.2 Å². The van der Waals surface area contributed by atoms with Crippen molar-refractivity contribution in [3.05, 3.63) is 60.2 Å². The van der Waals surface area contributed by atoms with E-state index in [2.05, 4.69) is 41.4 Å². The highest BCUT2D eigenvalue weighted by Gasteiger charge is 2.68. The first-order valence-corrected chi connectivity index (χ1v) is 14.0. The number of carbonyl (C=O) groups is 2. The minimum absolute atomic E-state index is 0.0550. The number of carbonyl (C=O) groups excluding carboxylic acids is 2. The first-order chi connectivity index (χ1) is 18.2. The van der Waals surface area contributed by atoms with Crippen molar-refractivity contribution in [2.45, 2.75) is 83.0 Å². The number of hydrogen-bond acceptors (Lipinski definition) is 6. The molecule has 6 atom stereocenters. The van der Waals surface area contributed by atoms with Gasteiger partial charge in [0.05, 0.1) is 23.8 Å². The summed E-state index contributed by atoms with van der Waals surface area (Å²) in [6.07, 6.45) is 10.1. The summed E-state index contributed by atoms with van der Waals surface area (Å²) in [5.41, 5.74) is 1.05. The van der Waals surface area contributed by atoms with Crippen LogP contribution in [0.5, 0.6) is 0 Å². The summed E-state index contributed by atoms with van der Waals surface area (Å²) in [6, 6.07) is 8.93. The molecule has 2 bridgehead atoms. The summed E-state index contributed by atoms with van der Waals surface area (Å²) in [7, 11) is -0.488. The Labute approximate surface area is 224 Å². The lowest BCUT2D eigenvalue weighted by molar-refractivity contribution is -0.199. The summed E-state index contributed by atoms with van der Waals surface area (Å²) < 4.78 is 13.3. The molecule has 7 rings (SSSR count). The van der Waals surface area contributed by atoms with Crippen molar-refractivity contribution in [1.29, 1.82) is 0 Å². The van der Waals surface area contributed by atoms with Crippen molar-refractivity contribution in [2.24, 2.45) is 23.2 Å². The second kappa shape index (κ2) is 9.76. The van der Waals surface area contributed by atoms with Gasteiger partial charge in [-0.2, -0.15) is 0 Å². The van der Waals surface area contributed by atoms with Crippen LogP contribution in [0.3, 0.4) is 0 Å². The van der Waals surface area contributed by atoms with E-state index in [-0.39, 0.29) is 34.7 Å². The Kier molecular flexibility index (Phi) is 6.55. The highest BCUT2D eigenvalue weighted by Crippen LogP contribution is 2.65. The third-order valence-electron chi connectivity index (χ3n) is 9.61. The second-order valence-electron chi connectivity index (χ2n) is 12.4. The molecule has 5 aliphatic rings. The molecule has 0 spiro atoms. The largest absolute Gasteiger partial charge is 0.481 e. The number of aromatic nitrogens is 2. The SMILES string of the molecule is CC1(C)[C@@H]2C[C@H]3OB([C@H](CC4CC4)NC(=O)[C@H](Cc4ccccc4)NC(=O)c4cnccn4)O[C@@]3(C)[C@H]1C2. The van der Waals surface area contributed by atoms with Gasteiger partial charge < -0.3 is 19.9 Å². The highest BCUT2D eigenvalue weighted by atomic mass is 16.7. The Hall–Kier alpha value is -2.78. The third-order valence-corrected chi connectivity index (χ3v) is 9.61. The molecule has 4 aliphatic carbocycles. The zero-order valence-electron chi connectivity index (χ0n) is 22.4. The fourth-order valence-electron chi connectivity index (χ4n) is 7.01. The van der Waals surface area contributed by atoms with Crippen LogP contribution in [0.25, 0.3) is 0 Å². The molecule has 0 radical (unpaired) electrons. The molecule has 1 aromatic heterocycles. The molecule has 2 N–H and O–H groups in total. The summed E-state index contributed by atoms with van der Waals surface area (Å²) in [6.45, 7) is 6.90. The fourth-order valence-corrected chi connectivity index (χ4v) is 7.01.